The van der Waals surface area contributed by atoms with Crippen LogP contribution >= 0.6 is 0 Å². The van der Waals surface area contributed by atoms with Gasteiger partial charge >= 0.3 is 6.03 Å². The van der Waals surface area contributed by atoms with Gasteiger partial charge in [0, 0.05) is 12.2 Å². The first-order valence-electron chi connectivity index (χ1n) is 8.44. The van der Waals surface area contributed by atoms with E-state index in [0.717, 1.165) is 30.6 Å². The van der Waals surface area contributed by atoms with E-state index in [0.29, 0.717) is 0 Å². The molecule has 0 aromatic heterocycles. The molecular formula is C20H27N3O. The van der Waals surface area contributed by atoms with Crippen LogP contribution in [0.4, 0.5) is 10.5 Å². The van der Waals surface area contributed by atoms with Crippen LogP contribution in [0.15, 0.2) is 54.6 Å². The molecule has 0 saturated carbocycles. The van der Waals surface area contributed by atoms with E-state index in [4.69, 9.17) is 0 Å². The van der Waals surface area contributed by atoms with Crippen LogP contribution in [-0.2, 0) is 6.42 Å². The standard InChI is InChI=1S/C20H27N3O/c1-4-8-16-11-13-18(14-12-16)21-20(24)22-19(15-23(2)3)17-9-6-5-7-10-17/h5-7,9-14,19H,4,8,15H2,1-3H3,(H2,21,22,24). The maximum atomic E-state index is 12.3. The van der Waals surface area contributed by atoms with E-state index >= 15 is 0 Å². The van der Waals surface area contributed by atoms with E-state index in [9.17, 15) is 4.79 Å². The van der Waals surface area contributed by atoms with Crippen molar-refractivity contribution in [3.63, 3.8) is 0 Å². The number of nitrogens with zero attached hydrogens (tertiary/aromatic N) is 1. The van der Waals surface area contributed by atoms with Crippen molar-refractivity contribution in [2.75, 3.05) is 26.0 Å². The first-order chi connectivity index (χ1) is 11.6. The highest BCUT2D eigenvalue weighted by molar-refractivity contribution is 5.89. The topological polar surface area (TPSA) is 44.4 Å². The molecule has 2 aromatic rings. The van der Waals surface area contributed by atoms with Crippen molar-refractivity contribution in [2.45, 2.75) is 25.8 Å². The first-order valence-corrected chi connectivity index (χ1v) is 8.44. The summed E-state index contributed by atoms with van der Waals surface area (Å²) in [7, 11) is 4.00. The summed E-state index contributed by atoms with van der Waals surface area (Å²) in [5, 5.41) is 5.98. The third kappa shape index (κ3) is 5.70. The molecule has 0 fully saturated rings. The highest BCUT2D eigenvalue weighted by atomic mass is 16.2. The smallest absolute Gasteiger partial charge is 0.319 e. The maximum absolute atomic E-state index is 12.3. The zero-order chi connectivity index (χ0) is 17.4. The molecule has 24 heavy (non-hydrogen) atoms. The Kier molecular flexibility index (Phi) is 6.82. The highest BCUT2D eigenvalue weighted by Crippen LogP contribution is 2.15. The molecule has 0 aliphatic heterocycles. The van der Waals surface area contributed by atoms with E-state index in [1.807, 2.05) is 56.6 Å². The lowest BCUT2D eigenvalue weighted by molar-refractivity contribution is 0.244. The Balaban J connectivity index is 1.99. The van der Waals surface area contributed by atoms with Crippen LogP contribution in [0.1, 0.15) is 30.5 Å². The zero-order valence-electron chi connectivity index (χ0n) is 14.8. The summed E-state index contributed by atoms with van der Waals surface area (Å²) < 4.78 is 0. The monoisotopic (exact) mass is 325 g/mol. The summed E-state index contributed by atoms with van der Waals surface area (Å²) in [4.78, 5) is 14.4. The summed E-state index contributed by atoms with van der Waals surface area (Å²) in [5.41, 5.74) is 3.20. The average Bonchev–Trinajstić information content (AvgIpc) is 2.57. The number of anilines is 1. The van der Waals surface area contributed by atoms with Gasteiger partial charge in [-0.2, -0.15) is 0 Å². The van der Waals surface area contributed by atoms with Crippen LogP contribution in [0.3, 0.4) is 0 Å². The van der Waals surface area contributed by atoms with Crippen LogP contribution in [0, 0.1) is 0 Å². The molecule has 2 rings (SSSR count). The van der Waals surface area contributed by atoms with Crippen LogP contribution < -0.4 is 10.6 Å². The Labute approximate surface area is 144 Å². The van der Waals surface area contributed by atoms with Gasteiger partial charge in [-0.05, 0) is 43.8 Å². The van der Waals surface area contributed by atoms with Gasteiger partial charge in [0.25, 0.3) is 0 Å². The fraction of sp³-hybridized carbons (Fsp3) is 0.350. The number of likely N-dealkylation sites (N-methyl/N-ethyl adjacent to an activating group) is 1. The number of hydrogen-bond donors (Lipinski definition) is 2. The van der Waals surface area contributed by atoms with Gasteiger partial charge in [-0.1, -0.05) is 55.8 Å². The van der Waals surface area contributed by atoms with E-state index < -0.39 is 0 Å². The Morgan fingerprint density at radius 1 is 1.04 bits per heavy atom. The first kappa shape index (κ1) is 18.0. The number of rotatable bonds is 7. The van der Waals surface area contributed by atoms with Gasteiger partial charge in [0.05, 0.1) is 6.04 Å². The number of benzene rings is 2. The van der Waals surface area contributed by atoms with Crippen molar-refractivity contribution in [2.24, 2.45) is 0 Å². The number of urea groups is 1. The molecule has 4 heteroatoms. The summed E-state index contributed by atoms with van der Waals surface area (Å²) in [6, 6.07) is 17.8. The SMILES string of the molecule is CCCc1ccc(NC(=O)NC(CN(C)C)c2ccccc2)cc1. The largest absolute Gasteiger partial charge is 0.330 e. The van der Waals surface area contributed by atoms with Crippen LogP contribution in [0.2, 0.25) is 0 Å². The molecule has 0 spiro atoms. The number of nitrogens with one attached hydrogen (secondary N) is 2. The van der Waals surface area contributed by atoms with Gasteiger partial charge in [-0.3, -0.25) is 0 Å². The number of hydrogen-bond acceptors (Lipinski definition) is 2. The Hall–Kier alpha value is -2.33. The molecule has 0 bridgehead atoms. The lowest BCUT2D eigenvalue weighted by atomic mass is 10.1. The third-order valence-electron chi connectivity index (χ3n) is 3.81. The second-order valence-corrected chi connectivity index (χ2v) is 6.27. The minimum atomic E-state index is -0.186. The fourth-order valence-corrected chi connectivity index (χ4v) is 2.65. The summed E-state index contributed by atoms with van der Waals surface area (Å²) in [5.74, 6) is 0. The lowest BCUT2D eigenvalue weighted by Gasteiger charge is -2.23. The summed E-state index contributed by atoms with van der Waals surface area (Å²) in [6.45, 7) is 2.90. The van der Waals surface area contributed by atoms with E-state index in [2.05, 4.69) is 34.6 Å². The van der Waals surface area contributed by atoms with Gasteiger partial charge in [0.1, 0.15) is 0 Å². The number of carbonyl (C=O) groups is 1. The van der Waals surface area contributed by atoms with Gasteiger partial charge < -0.3 is 15.5 Å². The van der Waals surface area contributed by atoms with Crippen molar-refractivity contribution in [3.05, 3.63) is 65.7 Å². The minimum Gasteiger partial charge on any atom is -0.330 e. The van der Waals surface area contributed by atoms with Crippen molar-refractivity contribution in [3.8, 4) is 0 Å². The van der Waals surface area contributed by atoms with Crippen molar-refractivity contribution in [1.82, 2.24) is 10.2 Å². The van der Waals surface area contributed by atoms with Gasteiger partial charge in [-0.25, -0.2) is 4.79 Å². The van der Waals surface area contributed by atoms with Gasteiger partial charge in [-0.15, -0.1) is 0 Å². The molecule has 2 amide bonds. The molecule has 1 unspecified atom stereocenters. The number of amides is 2. The second kappa shape index (κ2) is 9.08. The van der Waals surface area contributed by atoms with Crippen molar-refractivity contribution in [1.29, 1.82) is 0 Å². The van der Waals surface area contributed by atoms with Gasteiger partial charge in [0.15, 0.2) is 0 Å². The molecule has 0 aliphatic rings. The zero-order valence-corrected chi connectivity index (χ0v) is 14.8. The van der Waals surface area contributed by atoms with Gasteiger partial charge in [0.2, 0.25) is 0 Å². The molecular weight excluding hydrogens is 298 g/mol. The van der Waals surface area contributed by atoms with E-state index in [1.54, 1.807) is 0 Å². The Bertz CT molecular complexity index is 623. The molecule has 0 aliphatic carbocycles. The molecule has 2 aromatic carbocycles. The molecule has 128 valence electrons. The fourth-order valence-electron chi connectivity index (χ4n) is 2.65. The number of carbonyl (C=O) groups excluding carboxylic acids is 1. The molecule has 2 N–H and O–H groups in total. The molecule has 0 heterocycles. The highest BCUT2D eigenvalue weighted by Gasteiger charge is 2.15. The normalized spacial score (nSPS) is 12.0. The predicted molar refractivity (Wildman–Crippen MR) is 100 cm³/mol. The number of aryl methyl sites for hydroxylation is 1. The van der Waals surface area contributed by atoms with Crippen LogP contribution in [0.5, 0.6) is 0 Å². The molecule has 4 nitrogen and oxygen atoms in total. The lowest BCUT2D eigenvalue weighted by Crippen LogP contribution is -2.37. The quantitative estimate of drug-likeness (QED) is 0.806. The van der Waals surface area contributed by atoms with E-state index in [-0.39, 0.29) is 12.1 Å². The predicted octanol–water partition coefficient (Wildman–Crippen LogP) is 4.06. The van der Waals surface area contributed by atoms with Crippen LogP contribution in [0.25, 0.3) is 0 Å². The van der Waals surface area contributed by atoms with E-state index in [1.165, 1.54) is 5.56 Å². The average molecular weight is 325 g/mol. The molecule has 0 saturated heterocycles. The summed E-state index contributed by atoms with van der Waals surface area (Å²) in [6.07, 6.45) is 2.18. The van der Waals surface area contributed by atoms with Crippen molar-refractivity contribution < 1.29 is 4.79 Å². The van der Waals surface area contributed by atoms with Crippen molar-refractivity contribution >= 4 is 11.7 Å². The Morgan fingerprint density at radius 2 is 1.71 bits per heavy atom. The Morgan fingerprint density at radius 3 is 2.29 bits per heavy atom. The maximum Gasteiger partial charge on any atom is 0.319 e. The second-order valence-electron chi connectivity index (χ2n) is 6.27. The minimum absolute atomic E-state index is 0.0550. The molecule has 0 radical (unpaired) electrons. The summed E-state index contributed by atoms with van der Waals surface area (Å²) >= 11 is 0. The van der Waals surface area contributed by atoms with Crippen LogP contribution in [-0.4, -0.2) is 31.6 Å². The molecule has 1 atom stereocenters. The third-order valence-corrected chi connectivity index (χ3v) is 3.81.